The highest BCUT2D eigenvalue weighted by Gasteiger charge is 2.40. The average Bonchev–Trinajstić information content (AvgIpc) is 3.14. The number of nitrogens with zero attached hydrogens (tertiary/aromatic N) is 1. The van der Waals surface area contributed by atoms with Crippen molar-refractivity contribution in [2.24, 2.45) is 0 Å². The van der Waals surface area contributed by atoms with E-state index in [4.69, 9.17) is 32.7 Å². The minimum absolute atomic E-state index is 0.103. The van der Waals surface area contributed by atoms with Gasteiger partial charge in [0.2, 0.25) is 0 Å². The van der Waals surface area contributed by atoms with Gasteiger partial charge in [0.25, 0.3) is 11.8 Å². The fraction of sp³-hybridized carbons (Fsp3) is 0.333. The Kier molecular flexibility index (Phi) is 7.39. The third-order valence-electron chi connectivity index (χ3n) is 4.62. The summed E-state index contributed by atoms with van der Waals surface area (Å²) in [6.45, 7) is -0.476. The van der Waals surface area contributed by atoms with Crippen LogP contribution < -0.4 is 14.8 Å². The lowest BCUT2D eigenvalue weighted by molar-refractivity contribution is -0.132. The molecule has 0 aromatic heterocycles. The first-order chi connectivity index (χ1) is 14.3. The monoisotopic (exact) mass is 454 g/mol. The van der Waals surface area contributed by atoms with Crippen LogP contribution in [0.1, 0.15) is 6.42 Å². The Morgan fingerprint density at radius 1 is 0.967 bits per heavy atom. The van der Waals surface area contributed by atoms with Crippen LogP contribution in [-0.2, 0) is 9.59 Å². The van der Waals surface area contributed by atoms with Crippen molar-refractivity contribution in [3.63, 3.8) is 0 Å². The van der Waals surface area contributed by atoms with Crippen LogP contribution in [-0.4, -0.2) is 55.2 Å². The quantitative estimate of drug-likeness (QED) is 0.662. The van der Waals surface area contributed by atoms with Crippen LogP contribution in [0.25, 0.3) is 0 Å². The minimum Gasteiger partial charge on any atom is -0.484 e. The molecule has 1 aliphatic heterocycles. The average molecular weight is 455 g/mol. The van der Waals surface area contributed by atoms with Gasteiger partial charge in [-0.15, -0.1) is 0 Å². The van der Waals surface area contributed by atoms with Gasteiger partial charge in [-0.05, 0) is 48.5 Å². The van der Waals surface area contributed by atoms with E-state index in [9.17, 15) is 14.0 Å². The van der Waals surface area contributed by atoms with Gasteiger partial charge in [0.15, 0.2) is 13.2 Å². The first-order valence-electron chi connectivity index (χ1n) is 9.33. The molecule has 6 nitrogen and oxygen atoms in total. The fourth-order valence-corrected chi connectivity index (χ4v) is 3.20. The van der Waals surface area contributed by atoms with E-state index in [1.54, 1.807) is 48.5 Å². The minimum atomic E-state index is -1.69. The highest BCUT2D eigenvalue weighted by molar-refractivity contribution is 6.30. The topological polar surface area (TPSA) is 67.9 Å². The molecule has 1 fully saturated rings. The van der Waals surface area contributed by atoms with E-state index in [0.29, 0.717) is 21.5 Å². The molecule has 2 aromatic carbocycles. The normalized spacial score (nSPS) is 18.2. The SMILES string of the molecule is O=C(COc1ccc(Cl)cc1)NCC1(F)CCN(C(=O)COc2ccc(Cl)cc2)C1. The number of hydrogen-bond donors (Lipinski definition) is 1. The maximum atomic E-state index is 15.0. The molecule has 9 heteroatoms. The zero-order valence-electron chi connectivity index (χ0n) is 16.1. The molecule has 0 aliphatic carbocycles. The number of carbonyl (C=O) groups is 2. The third-order valence-corrected chi connectivity index (χ3v) is 5.12. The Bertz CT molecular complexity index is 880. The van der Waals surface area contributed by atoms with E-state index in [1.807, 2.05) is 0 Å². The highest BCUT2D eigenvalue weighted by Crippen LogP contribution is 2.25. The maximum absolute atomic E-state index is 15.0. The summed E-state index contributed by atoms with van der Waals surface area (Å²) in [4.78, 5) is 25.6. The highest BCUT2D eigenvalue weighted by atomic mass is 35.5. The molecule has 1 unspecified atom stereocenters. The van der Waals surface area contributed by atoms with Gasteiger partial charge in [0, 0.05) is 23.0 Å². The third kappa shape index (κ3) is 6.50. The van der Waals surface area contributed by atoms with Gasteiger partial charge in [0.05, 0.1) is 13.1 Å². The Labute approximate surface area is 183 Å². The summed E-state index contributed by atoms with van der Waals surface area (Å²) in [6.07, 6.45) is 0.137. The van der Waals surface area contributed by atoms with Crippen molar-refractivity contribution in [3.05, 3.63) is 58.6 Å². The number of rotatable bonds is 8. The maximum Gasteiger partial charge on any atom is 0.260 e. The second kappa shape index (κ2) is 10.00. The molecular formula is C21H21Cl2FN2O4. The van der Waals surface area contributed by atoms with E-state index in [0.717, 1.165) is 0 Å². The summed E-state index contributed by atoms with van der Waals surface area (Å²) < 4.78 is 25.7. The molecule has 160 valence electrons. The van der Waals surface area contributed by atoms with Crippen LogP contribution in [0.5, 0.6) is 11.5 Å². The summed E-state index contributed by atoms with van der Waals surface area (Å²) >= 11 is 11.6. The number of likely N-dealkylation sites (tertiary alicyclic amines) is 1. The molecular weight excluding hydrogens is 434 g/mol. The van der Waals surface area contributed by atoms with Crippen molar-refractivity contribution in [2.75, 3.05) is 32.8 Å². The summed E-state index contributed by atoms with van der Waals surface area (Å²) in [6, 6.07) is 13.2. The van der Waals surface area contributed by atoms with Crippen LogP contribution >= 0.6 is 23.2 Å². The predicted octanol–water partition coefficient (Wildman–Crippen LogP) is 3.51. The van der Waals surface area contributed by atoms with Gasteiger partial charge in [-0.25, -0.2) is 4.39 Å². The molecule has 0 spiro atoms. The Morgan fingerprint density at radius 3 is 2.07 bits per heavy atom. The molecule has 1 N–H and O–H groups in total. The number of nitrogens with one attached hydrogen (secondary N) is 1. The number of benzene rings is 2. The number of alkyl halides is 1. The standard InChI is InChI=1S/C21H21Cl2FN2O4/c22-15-1-5-17(6-2-15)29-11-19(27)25-13-21(24)9-10-26(14-21)20(28)12-30-18-7-3-16(23)4-8-18/h1-8H,9-14H2,(H,25,27). The number of ether oxygens (including phenoxy) is 2. The molecule has 30 heavy (non-hydrogen) atoms. The molecule has 2 aromatic rings. The van der Waals surface area contributed by atoms with Crippen molar-refractivity contribution >= 4 is 35.0 Å². The van der Waals surface area contributed by atoms with Crippen molar-refractivity contribution in [1.29, 1.82) is 0 Å². The lowest BCUT2D eigenvalue weighted by Gasteiger charge is -2.21. The van der Waals surface area contributed by atoms with Crippen molar-refractivity contribution in [2.45, 2.75) is 12.1 Å². The molecule has 0 radical (unpaired) electrons. The zero-order valence-corrected chi connectivity index (χ0v) is 17.6. The van der Waals surface area contributed by atoms with Crippen LogP contribution in [0.15, 0.2) is 48.5 Å². The smallest absolute Gasteiger partial charge is 0.260 e. The van der Waals surface area contributed by atoms with Gasteiger partial charge in [-0.2, -0.15) is 0 Å². The molecule has 1 saturated heterocycles. The lowest BCUT2D eigenvalue weighted by Crippen LogP contribution is -2.44. The van der Waals surface area contributed by atoms with E-state index < -0.39 is 11.6 Å². The molecule has 1 aliphatic rings. The number of carbonyl (C=O) groups excluding carboxylic acids is 2. The summed E-state index contributed by atoms with van der Waals surface area (Å²) in [5, 5.41) is 3.65. The van der Waals surface area contributed by atoms with Crippen molar-refractivity contribution in [3.8, 4) is 11.5 Å². The Hall–Kier alpha value is -2.51. The van der Waals surface area contributed by atoms with E-state index in [1.165, 1.54) is 4.90 Å². The molecule has 1 atom stereocenters. The van der Waals surface area contributed by atoms with E-state index >= 15 is 0 Å². The largest absolute Gasteiger partial charge is 0.484 e. The summed E-state index contributed by atoms with van der Waals surface area (Å²) in [7, 11) is 0. The van der Waals surface area contributed by atoms with Crippen LogP contribution in [0.4, 0.5) is 4.39 Å². The second-order valence-electron chi connectivity index (χ2n) is 6.98. The van der Waals surface area contributed by atoms with E-state index in [-0.39, 0.29) is 45.2 Å². The second-order valence-corrected chi connectivity index (χ2v) is 7.85. The summed E-state index contributed by atoms with van der Waals surface area (Å²) in [5.41, 5.74) is -1.69. The van der Waals surface area contributed by atoms with E-state index in [2.05, 4.69) is 5.32 Å². The van der Waals surface area contributed by atoms with Gasteiger partial charge in [-0.1, -0.05) is 23.2 Å². The van der Waals surface area contributed by atoms with Crippen molar-refractivity contribution in [1.82, 2.24) is 10.2 Å². The van der Waals surface area contributed by atoms with Gasteiger partial charge < -0.3 is 19.7 Å². The number of amides is 2. The molecule has 0 saturated carbocycles. The fourth-order valence-electron chi connectivity index (χ4n) is 2.95. The van der Waals surface area contributed by atoms with Crippen molar-refractivity contribution < 1.29 is 23.5 Å². The Morgan fingerprint density at radius 2 is 1.50 bits per heavy atom. The molecule has 3 rings (SSSR count). The number of hydrogen-bond acceptors (Lipinski definition) is 4. The van der Waals surface area contributed by atoms with Crippen LogP contribution in [0, 0.1) is 0 Å². The first-order valence-corrected chi connectivity index (χ1v) is 10.1. The Balaban J connectivity index is 1.39. The zero-order chi connectivity index (χ0) is 21.6. The molecule has 0 bridgehead atoms. The van der Waals surface area contributed by atoms with Gasteiger partial charge >= 0.3 is 0 Å². The van der Waals surface area contributed by atoms with Crippen LogP contribution in [0.3, 0.4) is 0 Å². The molecule has 2 amide bonds. The van der Waals surface area contributed by atoms with Crippen LogP contribution in [0.2, 0.25) is 10.0 Å². The van der Waals surface area contributed by atoms with Gasteiger partial charge in [0.1, 0.15) is 17.2 Å². The predicted molar refractivity (Wildman–Crippen MR) is 112 cm³/mol. The summed E-state index contributed by atoms with van der Waals surface area (Å²) in [5.74, 6) is 0.231. The first kappa shape index (κ1) is 22.2. The molecule has 1 heterocycles. The van der Waals surface area contributed by atoms with Gasteiger partial charge in [-0.3, -0.25) is 9.59 Å². The number of halogens is 3. The lowest BCUT2D eigenvalue weighted by atomic mass is 10.1.